The van der Waals surface area contributed by atoms with Gasteiger partial charge in [-0.25, -0.2) is 0 Å². The molecular formula is C20H29F3N4O2. The van der Waals surface area contributed by atoms with Crippen molar-refractivity contribution in [2.24, 2.45) is 0 Å². The van der Waals surface area contributed by atoms with Crippen LogP contribution in [0.2, 0.25) is 0 Å². The average Bonchev–Trinajstić information content (AvgIpc) is 2.60. The fourth-order valence-electron chi connectivity index (χ4n) is 3.33. The van der Waals surface area contributed by atoms with Crippen LogP contribution in [-0.2, 0) is 15.8 Å². The Morgan fingerprint density at radius 3 is 2.31 bits per heavy atom. The number of alkyl halides is 3. The number of anilines is 2. The first kappa shape index (κ1) is 23.0. The quantitative estimate of drug-likeness (QED) is 0.720. The van der Waals surface area contributed by atoms with Gasteiger partial charge < -0.3 is 15.5 Å². The molecule has 1 aliphatic heterocycles. The van der Waals surface area contributed by atoms with Gasteiger partial charge in [-0.05, 0) is 58.4 Å². The Hall–Kier alpha value is -2.29. The lowest BCUT2D eigenvalue weighted by Crippen LogP contribution is -2.41. The molecule has 2 amide bonds. The van der Waals surface area contributed by atoms with E-state index < -0.39 is 17.6 Å². The van der Waals surface area contributed by atoms with E-state index in [4.69, 9.17) is 0 Å². The molecule has 1 heterocycles. The summed E-state index contributed by atoms with van der Waals surface area (Å²) in [6.45, 7) is 5.06. The van der Waals surface area contributed by atoms with Crippen LogP contribution < -0.4 is 15.5 Å². The second-order valence-corrected chi connectivity index (χ2v) is 7.72. The minimum atomic E-state index is -4.49. The first-order valence-electron chi connectivity index (χ1n) is 9.80. The van der Waals surface area contributed by atoms with Crippen molar-refractivity contribution in [2.45, 2.75) is 45.3 Å². The van der Waals surface area contributed by atoms with Crippen molar-refractivity contribution < 1.29 is 22.8 Å². The largest absolute Gasteiger partial charge is 0.416 e. The van der Waals surface area contributed by atoms with Crippen LogP contribution in [0.15, 0.2) is 18.2 Å². The normalized spacial score (nSPS) is 15.0. The van der Waals surface area contributed by atoms with E-state index in [0.29, 0.717) is 5.69 Å². The van der Waals surface area contributed by atoms with Crippen LogP contribution >= 0.6 is 0 Å². The third-order valence-electron chi connectivity index (χ3n) is 4.57. The number of benzene rings is 1. The lowest BCUT2D eigenvalue weighted by atomic mass is 10.1. The highest BCUT2D eigenvalue weighted by atomic mass is 19.4. The predicted octanol–water partition coefficient (Wildman–Crippen LogP) is 3.09. The average molecular weight is 414 g/mol. The maximum absolute atomic E-state index is 13.2. The molecule has 0 bridgehead atoms. The highest BCUT2D eigenvalue weighted by Gasteiger charge is 2.32. The van der Waals surface area contributed by atoms with Crippen LogP contribution in [0.25, 0.3) is 0 Å². The van der Waals surface area contributed by atoms with E-state index in [1.54, 1.807) is 7.05 Å². The molecule has 0 spiro atoms. The Labute approximate surface area is 169 Å². The summed E-state index contributed by atoms with van der Waals surface area (Å²) >= 11 is 0. The van der Waals surface area contributed by atoms with E-state index in [9.17, 15) is 22.8 Å². The Kier molecular flexibility index (Phi) is 7.89. The number of hydrogen-bond acceptors (Lipinski definition) is 4. The molecular weight excluding hydrogens is 385 g/mol. The van der Waals surface area contributed by atoms with Crippen molar-refractivity contribution in [3.8, 4) is 0 Å². The first-order valence-corrected chi connectivity index (χ1v) is 9.80. The molecule has 0 aromatic heterocycles. The number of piperidine rings is 1. The summed E-state index contributed by atoms with van der Waals surface area (Å²) in [5.41, 5.74) is -0.0729. The zero-order chi connectivity index (χ0) is 21.6. The van der Waals surface area contributed by atoms with Gasteiger partial charge in [-0.1, -0.05) is 0 Å². The van der Waals surface area contributed by atoms with Gasteiger partial charge in [0.05, 0.1) is 30.0 Å². The van der Waals surface area contributed by atoms with Gasteiger partial charge in [0.1, 0.15) is 0 Å². The van der Waals surface area contributed by atoms with Crippen LogP contribution in [-0.4, -0.2) is 56.0 Å². The summed E-state index contributed by atoms with van der Waals surface area (Å²) in [4.78, 5) is 27.8. The van der Waals surface area contributed by atoms with Gasteiger partial charge in [0.2, 0.25) is 11.8 Å². The van der Waals surface area contributed by atoms with E-state index in [1.807, 2.05) is 18.7 Å². The maximum Gasteiger partial charge on any atom is 0.416 e. The highest BCUT2D eigenvalue weighted by Crippen LogP contribution is 2.36. The number of carbonyl (C=O) groups is 2. The van der Waals surface area contributed by atoms with Crippen molar-refractivity contribution in [3.05, 3.63) is 23.8 Å². The minimum absolute atomic E-state index is 0.0121. The number of nitrogens with one attached hydrogen (secondary N) is 2. The molecule has 1 saturated heterocycles. The zero-order valence-electron chi connectivity index (χ0n) is 17.1. The summed E-state index contributed by atoms with van der Waals surface area (Å²) in [5.74, 6) is -0.689. The van der Waals surface area contributed by atoms with Crippen LogP contribution in [0, 0.1) is 0 Å². The highest BCUT2D eigenvalue weighted by molar-refractivity contribution is 5.96. The van der Waals surface area contributed by atoms with Gasteiger partial charge in [-0.15, -0.1) is 0 Å². The lowest BCUT2D eigenvalue weighted by Gasteiger charge is -2.31. The summed E-state index contributed by atoms with van der Waals surface area (Å²) in [6, 6.07) is 3.43. The van der Waals surface area contributed by atoms with E-state index in [-0.39, 0.29) is 30.7 Å². The number of likely N-dealkylation sites (N-methyl/N-ethyl adjacent to an activating group) is 1. The fraction of sp³-hybridized carbons (Fsp3) is 0.600. The Balaban J connectivity index is 2.11. The molecule has 6 nitrogen and oxygen atoms in total. The summed E-state index contributed by atoms with van der Waals surface area (Å²) < 4.78 is 39.5. The van der Waals surface area contributed by atoms with Crippen LogP contribution in [0.4, 0.5) is 24.5 Å². The second-order valence-electron chi connectivity index (χ2n) is 7.72. The molecule has 0 saturated carbocycles. The number of halogens is 3. The summed E-state index contributed by atoms with van der Waals surface area (Å²) in [7, 11) is 1.61. The van der Waals surface area contributed by atoms with Crippen LogP contribution in [0.5, 0.6) is 0 Å². The lowest BCUT2D eigenvalue weighted by molar-refractivity contribution is -0.137. The number of carbonyl (C=O) groups excluding carboxylic acids is 2. The number of rotatable bonds is 7. The molecule has 0 unspecified atom stereocenters. The van der Waals surface area contributed by atoms with Crippen molar-refractivity contribution in [1.29, 1.82) is 0 Å². The van der Waals surface area contributed by atoms with E-state index >= 15 is 0 Å². The van der Waals surface area contributed by atoms with Gasteiger partial charge in [-0.3, -0.25) is 14.5 Å². The van der Waals surface area contributed by atoms with E-state index in [2.05, 4.69) is 10.6 Å². The van der Waals surface area contributed by atoms with Crippen LogP contribution in [0.3, 0.4) is 0 Å². The third-order valence-corrected chi connectivity index (χ3v) is 4.57. The van der Waals surface area contributed by atoms with E-state index in [1.165, 1.54) is 11.0 Å². The van der Waals surface area contributed by atoms with Gasteiger partial charge in [-0.2, -0.15) is 13.2 Å². The Morgan fingerprint density at radius 1 is 1.10 bits per heavy atom. The van der Waals surface area contributed by atoms with Gasteiger partial charge in [0.15, 0.2) is 0 Å². The molecule has 2 N–H and O–H groups in total. The third kappa shape index (κ3) is 7.23. The molecule has 0 radical (unpaired) electrons. The SMILES string of the molecule is CC(C)NC(=O)CN(C)CC(=O)Nc1cc(C(F)(F)F)ccc1N1CCCCC1. The second kappa shape index (κ2) is 9.96. The van der Waals surface area contributed by atoms with Gasteiger partial charge in [0.25, 0.3) is 0 Å². The molecule has 1 fully saturated rings. The Bertz CT molecular complexity index is 716. The zero-order valence-corrected chi connectivity index (χ0v) is 17.1. The first-order chi connectivity index (χ1) is 13.6. The van der Waals surface area contributed by atoms with Crippen molar-refractivity contribution in [2.75, 3.05) is 43.4 Å². The van der Waals surface area contributed by atoms with Crippen molar-refractivity contribution >= 4 is 23.2 Å². The standard InChI is InChI=1S/C20H29F3N4O2/c1-14(2)24-18(28)12-26(3)13-19(29)25-16-11-15(20(21,22)23)7-8-17(16)27-9-5-4-6-10-27/h7-8,11,14H,4-6,9-10,12-13H2,1-3H3,(H,24,28)(H,25,29). The number of hydrogen-bond donors (Lipinski definition) is 2. The number of nitrogens with zero attached hydrogens (tertiary/aromatic N) is 2. The molecule has 0 atom stereocenters. The molecule has 162 valence electrons. The molecule has 1 aliphatic rings. The molecule has 9 heteroatoms. The molecule has 1 aromatic rings. The molecule has 0 aliphatic carbocycles. The topological polar surface area (TPSA) is 64.7 Å². The summed E-state index contributed by atoms with van der Waals surface area (Å²) in [5, 5.41) is 5.34. The number of amides is 2. The minimum Gasteiger partial charge on any atom is -0.370 e. The molecule has 29 heavy (non-hydrogen) atoms. The molecule has 2 rings (SSSR count). The van der Waals surface area contributed by atoms with Gasteiger partial charge in [0, 0.05) is 19.1 Å². The van der Waals surface area contributed by atoms with Crippen molar-refractivity contribution in [1.82, 2.24) is 10.2 Å². The van der Waals surface area contributed by atoms with Crippen molar-refractivity contribution in [3.63, 3.8) is 0 Å². The van der Waals surface area contributed by atoms with Gasteiger partial charge >= 0.3 is 6.18 Å². The summed E-state index contributed by atoms with van der Waals surface area (Å²) in [6.07, 6.45) is -1.49. The smallest absolute Gasteiger partial charge is 0.370 e. The van der Waals surface area contributed by atoms with Crippen LogP contribution in [0.1, 0.15) is 38.7 Å². The maximum atomic E-state index is 13.2. The Morgan fingerprint density at radius 2 is 1.72 bits per heavy atom. The molecule has 1 aromatic carbocycles. The van der Waals surface area contributed by atoms with E-state index in [0.717, 1.165) is 44.5 Å². The fourth-order valence-corrected chi connectivity index (χ4v) is 3.33. The predicted molar refractivity (Wildman–Crippen MR) is 107 cm³/mol. The monoisotopic (exact) mass is 414 g/mol.